The topological polar surface area (TPSA) is 99.9 Å². The van der Waals surface area contributed by atoms with Gasteiger partial charge in [0.1, 0.15) is 5.75 Å². The maximum absolute atomic E-state index is 13.5. The number of nitrogens with zero attached hydrogens (tertiary/aromatic N) is 1. The Kier molecular flexibility index (Phi) is 12.3. The molecule has 2 aliphatic rings. The van der Waals surface area contributed by atoms with E-state index in [9.17, 15) is 9.90 Å². The van der Waals surface area contributed by atoms with E-state index in [1.165, 1.54) is 19.3 Å². The first kappa shape index (κ1) is 34.0. The van der Waals surface area contributed by atoms with E-state index >= 15 is 0 Å². The molecular weight excluding hydrogens is 572 g/mol. The average Bonchev–Trinajstić information content (AvgIpc) is 2.99. The number of nitrogens with two attached hydrogens (primary N) is 1. The fraction of sp³-hybridized carbons (Fsp3) is 0.528. The van der Waals surface area contributed by atoms with E-state index in [4.69, 9.17) is 22.1 Å². The first-order valence-electron chi connectivity index (χ1n) is 16.2. The Morgan fingerprint density at radius 1 is 1.16 bits per heavy atom. The van der Waals surface area contributed by atoms with E-state index in [-0.39, 0.29) is 24.0 Å². The van der Waals surface area contributed by atoms with Crippen LogP contribution in [0.3, 0.4) is 0 Å². The number of ether oxygens (including phenoxy) is 1. The van der Waals surface area contributed by atoms with Crippen LogP contribution in [0.1, 0.15) is 89.3 Å². The summed E-state index contributed by atoms with van der Waals surface area (Å²) >= 11 is 6.11. The zero-order valence-electron chi connectivity index (χ0n) is 26.8. The van der Waals surface area contributed by atoms with Crippen LogP contribution in [0.4, 0.5) is 4.79 Å². The van der Waals surface area contributed by atoms with Crippen LogP contribution in [-0.2, 0) is 12.1 Å². The standard InChI is InChI=1S/C36H51ClN4O3/c1-5-10-31-30(32-23-27(36(3,4)43)16-19-33(32)44-34(31)38)13-9-21-39-22-20-25(2)41(24-26-14-17-28(37)18-15-26)35(42)40-29-11-7-6-8-12-29/h5,10,13-19,23,25,29,31,34,39,43H,6-9,11-12,20-22,24,38H2,1-4H3,(H,40,42)/b10-5-,30-13+. The molecule has 2 aromatic carbocycles. The minimum absolute atomic E-state index is 0.0130. The summed E-state index contributed by atoms with van der Waals surface area (Å²) in [7, 11) is 0. The fourth-order valence-electron chi connectivity index (χ4n) is 6.12. The minimum Gasteiger partial charge on any atom is -0.474 e. The van der Waals surface area contributed by atoms with Gasteiger partial charge in [0.25, 0.3) is 0 Å². The van der Waals surface area contributed by atoms with Gasteiger partial charge in [0.15, 0.2) is 6.23 Å². The maximum atomic E-state index is 13.5. The molecule has 1 aliphatic carbocycles. The maximum Gasteiger partial charge on any atom is 0.318 e. The molecule has 0 bridgehead atoms. The molecule has 3 unspecified atom stereocenters. The summed E-state index contributed by atoms with van der Waals surface area (Å²) in [6.07, 6.45) is 13.2. The molecular formula is C36H51ClN4O3. The molecule has 44 heavy (non-hydrogen) atoms. The molecule has 2 aromatic rings. The Morgan fingerprint density at radius 3 is 2.57 bits per heavy atom. The largest absolute Gasteiger partial charge is 0.474 e. The van der Waals surface area contributed by atoms with Crippen LogP contribution in [0.5, 0.6) is 5.75 Å². The molecule has 5 N–H and O–H groups in total. The van der Waals surface area contributed by atoms with Crippen molar-refractivity contribution in [3.8, 4) is 5.75 Å². The molecule has 4 rings (SSSR count). The highest BCUT2D eigenvalue weighted by Crippen LogP contribution is 2.41. The van der Waals surface area contributed by atoms with E-state index in [1.54, 1.807) is 13.8 Å². The minimum atomic E-state index is -0.956. The lowest BCUT2D eigenvalue weighted by atomic mass is 9.84. The molecule has 240 valence electrons. The van der Waals surface area contributed by atoms with Gasteiger partial charge in [-0.05, 0) is 107 Å². The van der Waals surface area contributed by atoms with Crippen LogP contribution in [0.25, 0.3) is 5.57 Å². The molecule has 3 atom stereocenters. The quantitative estimate of drug-likeness (QED) is 0.149. The van der Waals surface area contributed by atoms with Crippen LogP contribution in [0.2, 0.25) is 5.02 Å². The molecule has 7 nitrogen and oxygen atoms in total. The molecule has 0 saturated heterocycles. The summed E-state index contributed by atoms with van der Waals surface area (Å²) in [6, 6.07) is 13.9. The Balaban J connectivity index is 1.37. The Hall–Kier alpha value is -2.84. The molecule has 0 radical (unpaired) electrons. The number of hydrogen-bond donors (Lipinski definition) is 4. The number of aliphatic hydroxyl groups is 1. The van der Waals surface area contributed by atoms with Gasteiger partial charge < -0.3 is 25.4 Å². The second-order valence-corrected chi connectivity index (χ2v) is 13.2. The number of urea groups is 1. The summed E-state index contributed by atoms with van der Waals surface area (Å²) in [5.74, 6) is 0.667. The Morgan fingerprint density at radius 2 is 1.89 bits per heavy atom. The second-order valence-electron chi connectivity index (χ2n) is 12.8. The lowest BCUT2D eigenvalue weighted by Crippen LogP contribution is -2.49. The lowest BCUT2D eigenvalue weighted by molar-refractivity contribution is 0.0783. The smallest absolute Gasteiger partial charge is 0.318 e. The lowest BCUT2D eigenvalue weighted by Gasteiger charge is -2.33. The summed E-state index contributed by atoms with van der Waals surface area (Å²) in [5.41, 5.74) is 9.47. The van der Waals surface area contributed by atoms with Crippen LogP contribution >= 0.6 is 11.6 Å². The van der Waals surface area contributed by atoms with Gasteiger partial charge in [-0.3, -0.25) is 5.73 Å². The van der Waals surface area contributed by atoms with E-state index in [1.807, 2.05) is 60.4 Å². The molecule has 1 fully saturated rings. The molecule has 1 saturated carbocycles. The summed E-state index contributed by atoms with van der Waals surface area (Å²) < 4.78 is 6.05. The van der Waals surface area contributed by atoms with Crippen molar-refractivity contribution in [3.63, 3.8) is 0 Å². The van der Waals surface area contributed by atoms with Crippen LogP contribution in [0, 0.1) is 5.92 Å². The van der Waals surface area contributed by atoms with Crippen LogP contribution < -0.4 is 21.1 Å². The molecule has 8 heteroatoms. The van der Waals surface area contributed by atoms with Gasteiger partial charge in [-0.15, -0.1) is 0 Å². The number of nitrogens with one attached hydrogen (secondary N) is 2. The van der Waals surface area contributed by atoms with Crippen molar-refractivity contribution in [3.05, 3.63) is 82.4 Å². The molecule has 1 heterocycles. The fourth-order valence-corrected chi connectivity index (χ4v) is 6.25. The summed E-state index contributed by atoms with van der Waals surface area (Å²) in [5, 5.41) is 18.2. The van der Waals surface area contributed by atoms with Gasteiger partial charge in [0.2, 0.25) is 0 Å². The molecule has 1 aliphatic heterocycles. The second kappa shape index (κ2) is 15.9. The van der Waals surface area contributed by atoms with Crippen molar-refractivity contribution in [1.29, 1.82) is 0 Å². The highest BCUT2D eigenvalue weighted by Gasteiger charge is 2.31. The predicted molar refractivity (Wildman–Crippen MR) is 181 cm³/mol. The third-order valence-corrected chi connectivity index (χ3v) is 9.04. The Labute approximate surface area is 268 Å². The van der Waals surface area contributed by atoms with E-state index in [2.05, 4.69) is 29.7 Å². The first-order chi connectivity index (χ1) is 21.1. The number of hydrogen-bond acceptors (Lipinski definition) is 5. The van der Waals surface area contributed by atoms with Gasteiger partial charge in [-0.25, -0.2) is 4.79 Å². The number of amides is 2. The van der Waals surface area contributed by atoms with Gasteiger partial charge in [-0.1, -0.05) is 67.3 Å². The van der Waals surface area contributed by atoms with Crippen LogP contribution in [0.15, 0.2) is 60.7 Å². The third kappa shape index (κ3) is 9.33. The SMILES string of the molecule is C/C=C\C1/C(=C\CCNCCC(C)N(Cc2ccc(Cl)cc2)C(=O)NC2CCCCC2)c2cc(C(C)(C)O)ccc2OC1N. The highest BCUT2D eigenvalue weighted by molar-refractivity contribution is 6.30. The third-order valence-electron chi connectivity index (χ3n) is 8.79. The summed E-state index contributed by atoms with van der Waals surface area (Å²) in [4.78, 5) is 15.4. The predicted octanol–water partition coefficient (Wildman–Crippen LogP) is 7.12. The molecule has 0 spiro atoms. The number of benzene rings is 2. The van der Waals surface area contributed by atoms with Gasteiger partial charge >= 0.3 is 6.03 Å². The number of allylic oxidation sites excluding steroid dienone is 1. The monoisotopic (exact) mass is 622 g/mol. The first-order valence-corrected chi connectivity index (χ1v) is 16.6. The molecule has 0 aromatic heterocycles. The average molecular weight is 623 g/mol. The number of fused-ring (bicyclic) bond motifs is 1. The van der Waals surface area contributed by atoms with Crippen molar-refractivity contribution in [2.75, 3.05) is 13.1 Å². The van der Waals surface area contributed by atoms with Crippen molar-refractivity contribution in [1.82, 2.24) is 15.5 Å². The normalized spacial score (nSPS) is 20.8. The number of carbonyl (C=O) groups is 1. The number of carbonyl (C=O) groups excluding carboxylic acids is 1. The van der Waals surface area contributed by atoms with Crippen molar-refractivity contribution in [2.24, 2.45) is 11.7 Å². The van der Waals surface area contributed by atoms with Crippen LogP contribution in [-0.4, -0.2) is 47.4 Å². The zero-order valence-corrected chi connectivity index (χ0v) is 27.6. The number of halogens is 1. The highest BCUT2D eigenvalue weighted by atomic mass is 35.5. The Bertz CT molecular complexity index is 1280. The van der Waals surface area contributed by atoms with Crippen molar-refractivity contribution < 1.29 is 14.6 Å². The van der Waals surface area contributed by atoms with Gasteiger partial charge in [0.05, 0.1) is 11.5 Å². The van der Waals surface area contributed by atoms with Crippen molar-refractivity contribution in [2.45, 2.75) is 103 Å². The van der Waals surface area contributed by atoms with Crippen molar-refractivity contribution >= 4 is 23.2 Å². The summed E-state index contributed by atoms with van der Waals surface area (Å²) in [6.45, 7) is 9.82. The van der Waals surface area contributed by atoms with E-state index in [0.717, 1.165) is 66.8 Å². The molecule has 2 amide bonds. The van der Waals surface area contributed by atoms with Gasteiger partial charge in [0, 0.05) is 29.2 Å². The van der Waals surface area contributed by atoms with E-state index < -0.39 is 11.8 Å². The number of rotatable bonds is 12. The van der Waals surface area contributed by atoms with Gasteiger partial charge in [-0.2, -0.15) is 0 Å². The van der Waals surface area contributed by atoms with E-state index in [0.29, 0.717) is 11.6 Å². The zero-order chi connectivity index (χ0) is 31.7.